The first-order valence-corrected chi connectivity index (χ1v) is 10.2. The molecule has 9 heteroatoms. The third-order valence-electron chi connectivity index (χ3n) is 4.93. The Morgan fingerprint density at radius 1 is 1.27 bits per heavy atom. The van der Waals surface area contributed by atoms with Crippen LogP contribution < -0.4 is 14.4 Å². The molecule has 0 N–H and O–H groups in total. The summed E-state index contributed by atoms with van der Waals surface area (Å²) in [6, 6.07) is 6.90. The van der Waals surface area contributed by atoms with Crippen LogP contribution >= 0.6 is 11.3 Å². The zero-order valence-corrected chi connectivity index (χ0v) is 17.3. The van der Waals surface area contributed by atoms with E-state index in [0.717, 1.165) is 30.2 Å². The minimum atomic E-state index is -0.768. The van der Waals surface area contributed by atoms with Gasteiger partial charge in [-0.2, -0.15) is 0 Å². The maximum Gasteiger partial charge on any atom is 0.264 e. The lowest BCUT2D eigenvalue weighted by molar-refractivity contribution is 0.0914. The molecule has 3 aromatic rings. The van der Waals surface area contributed by atoms with Crippen molar-refractivity contribution in [1.82, 2.24) is 4.98 Å². The third-order valence-corrected chi connectivity index (χ3v) is 5.95. The molecule has 0 radical (unpaired) electrons. The molecule has 1 aromatic heterocycles. The second-order valence-corrected chi connectivity index (χ2v) is 7.86. The molecule has 0 bridgehead atoms. The number of fused-ring (bicyclic) bond motifs is 1. The summed E-state index contributed by atoms with van der Waals surface area (Å²) in [5.74, 6) is -0.982. The van der Waals surface area contributed by atoms with Crippen LogP contribution in [0.2, 0.25) is 0 Å². The van der Waals surface area contributed by atoms with Gasteiger partial charge in [0.05, 0.1) is 37.1 Å². The van der Waals surface area contributed by atoms with Gasteiger partial charge in [-0.05, 0) is 37.1 Å². The Bertz CT molecular complexity index is 1080. The van der Waals surface area contributed by atoms with Crippen LogP contribution in [0.4, 0.5) is 13.9 Å². The van der Waals surface area contributed by atoms with E-state index in [2.05, 4.69) is 4.98 Å². The molecule has 0 spiro atoms. The van der Waals surface area contributed by atoms with Crippen molar-refractivity contribution in [1.29, 1.82) is 0 Å². The summed E-state index contributed by atoms with van der Waals surface area (Å²) in [5.41, 5.74) is 0.305. The number of methoxy groups -OCH3 is 2. The van der Waals surface area contributed by atoms with E-state index < -0.39 is 11.6 Å². The van der Waals surface area contributed by atoms with Crippen LogP contribution in [-0.4, -0.2) is 44.4 Å². The summed E-state index contributed by atoms with van der Waals surface area (Å²) in [6.07, 6.45) is 1.53. The fourth-order valence-corrected chi connectivity index (χ4v) is 4.44. The van der Waals surface area contributed by atoms with Crippen LogP contribution in [0.3, 0.4) is 0 Å². The molecule has 1 aliphatic heterocycles. The van der Waals surface area contributed by atoms with Crippen LogP contribution in [0.1, 0.15) is 23.2 Å². The molecule has 158 valence electrons. The van der Waals surface area contributed by atoms with E-state index in [0.29, 0.717) is 22.8 Å². The largest absolute Gasteiger partial charge is 0.497 e. The van der Waals surface area contributed by atoms with Gasteiger partial charge in [0.25, 0.3) is 5.91 Å². The van der Waals surface area contributed by atoms with Gasteiger partial charge >= 0.3 is 0 Å². The summed E-state index contributed by atoms with van der Waals surface area (Å²) < 4.78 is 44.5. The number of benzene rings is 2. The molecule has 0 saturated carbocycles. The van der Waals surface area contributed by atoms with Crippen molar-refractivity contribution < 1.29 is 27.8 Å². The highest BCUT2D eigenvalue weighted by atomic mass is 32.1. The summed E-state index contributed by atoms with van der Waals surface area (Å²) in [5, 5.41) is 0.264. The van der Waals surface area contributed by atoms with E-state index in [1.54, 1.807) is 18.2 Å². The van der Waals surface area contributed by atoms with Crippen molar-refractivity contribution in [2.24, 2.45) is 0 Å². The van der Waals surface area contributed by atoms with Crippen molar-refractivity contribution in [2.45, 2.75) is 18.9 Å². The summed E-state index contributed by atoms with van der Waals surface area (Å²) >= 11 is 1.05. The van der Waals surface area contributed by atoms with Crippen molar-refractivity contribution in [2.75, 3.05) is 32.3 Å². The van der Waals surface area contributed by atoms with Gasteiger partial charge in [0.15, 0.2) is 10.9 Å². The first-order valence-electron chi connectivity index (χ1n) is 9.41. The van der Waals surface area contributed by atoms with Gasteiger partial charge in [0.1, 0.15) is 22.8 Å². The van der Waals surface area contributed by atoms with Gasteiger partial charge in [-0.1, -0.05) is 11.3 Å². The zero-order chi connectivity index (χ0) is 21.3. The number of nitrogens with zero attached hydrogens (tertiary/aromatic N) is 2. The molecular weight excluding hydrogens is 414 g/mol. The van der Waals surface area contributed by atoms with E-state index in [9.17, 15) is 13.6 Å². The highest BCUT2D eigenvalue weighted by Crippen LogP contribution is 2.34. The molecule has 1 aliphatic rings. The van der Waals surface area contributed by atoms with E-state index in [1.807, 2.05) is 0 Å². The standard InChI is InChI=1S/C21H20F2N2O4S/c1-27-13-5-6-17(28-2)15(10-13)20(26)25(11-14-4-3-7-29-14)21-24-19-16(23)8-12(22)9-18(19)30-21/h5-6,8-10,14H,3-4,7,11H2,1-2H3. The fraction of sp³-hybridized carbons (Fsp3) is 0.333. The van der Waals surface area contributed by atoms with Crippen molar-refractivity contribution >= 4 is 32.6 Å². The maximum absolute atomic E-state index is 14.2. The van der Waals surface area contributed by atoms with Gasteiger partial charge in [0, 0.05) is 12.7 Å². The van der Waals surface area contributed by atoms with Crippen LogP contribution in [0, 0.1) is 11.6 Å². The molecule has 1 unspecified atom stereocenters. The van der Waals surface area contributed by atoms with Crippen molar-refractivity contribution in [3.05, 3.63) is 47.5 Å². The minimum absolute atomic E-state index is 0.0270. The zero-order valence-electron chi connectivity index (χ0n) is 16.5. The Morgan fingerprint density at radius 2 is 2.10 bits per heavy atom. The summed E-state index contributed by atoms with van der Waals surface area (Å²) in [7, 11) is 2.98. The quantitative estimate of drug-likeness (QED) is 0.575. The molecule has 4 rings (SSSR count). The average molecular weight is 434 g/mol. The van der Waals surface area contributed by atoms with Crippen LogP contribution in [-0.2, 0) is 4.74 Å². The molecule has 1 saturated heterocycles. The number of hydrogen-bond acceptors (Lipinski definition) is 6. The maximum atomic E-state index is 14.2. The predicted octanol–water partition coefficient (Wildman–Crippen LogP) is 4.42. The third kappa shape index (κ3) is 3.95. The molecule has 0 aliphatic carbocycles. The Hall–Kier alpha value is -2.78. The molecule has 2 aromatic carbocycles. The number of carbonyl (C=O) groups is 1. The smallest absolute Gasteiger partial charge is 0.264 e. The van der Waals surface area contributed by atoms with Crippen LogP contribution in [0.25, 0.3) is 10.2 Å². The highest BCUT2D eigenvalue weighted by Gasteiger charge is 2.29. The number of anilines is 1. The second-order valence-electron chi connectivity index (χ2n) is 6.85. The molecule has 30 heavy (non-hydrogen) atoms. The predicted molar refractivity (Wildman–Crippen MR) is 110 cm³/mol. The lowest BCUT2D eigenvalue weighted by Crippen LogP contribution is -2.37. The highest BCUT2D eigenvalue weighted by molar-refractivity contribution is 7.22. The number of hydrogen-bond donors (Lipinski definition) is 0. The number of carbonyl (C=O) groups excluding carboxylic acids is 1. The lowest BCUT2D eigenvalue weighted by Gasteiger charge is -2.24. The van der Waals surface area contributed by atoms with E-state index >= 15 is 0 Å². The molecular formula is C21H20F2N2O4S. The Morgan fingerprint density at radius 3 is 2.80 bits per heavy atom. The van der Waals surface area contributed by atoms with Gasteiger partial charge in [-0.25, -0.2) is 13.8 Å². The number of amides is 1. The number of halogens is 2. The molecule has 6 nitrogen and oxygen atoms in total. The van der Waals surface area contributed by atoms with Crippen LogP contribution in [0.5, 0.6) is 11.5 Å². The van der Waals surface area contributed by atoms with Gasteiger partial charge in [-0.15, -0.1) is 0 Å². The summed E-state index contributed by atoms with van der Waals surface area (Å²) in [6.45, 7) is 0.859. The van der Waals surface area contributed by atoms with E-state index in [4.69, 9.17) is 14.2 Å². The normalized spacial score (nSPS) is 16.1. The molecule has 1 amide bonds. The first kappa shape index (κ1) is 20.5. The first-order chi connectivity index (χ1) is 14.5. The Balaban J connectivity index is 1.79. The molecule has 2 heterocycles. The summed E-state index contributed by atoms with van der Waals surface area (Å²) in [4.78, 5) is 19.3. The van der Waals surface area contributed by atoms with Gasteiger partial charge in [0.2, 0.25) is 0 Å². The SMILES string of the molecule is COc1ccc(OC)c(C(=O)N(CC2CCCO2)c2nc3c(F)cc(F)cc3s2)c1. The van der Waals surface area contributed by atoms with Gasteiger partial charge < -0.3 is 14.2 Å². The second kappa shape index (κ2) is 8.53. The van der Waals surface area contributed by atoms with Crippen molar-refractivity contribution in [3.8, 4) is 11.5 Å². The minimum Gasteiger partial charge on any atom is -0.497 e. The Kier molecular flexibility index (Phi) is 5.83. The van der Waals surface area contributed by atoms with Gasteiger partial charge in [-0.3, -0.25) is 9.69 Å². The Labute approximate surface area is 176 Å². The van der Waals surface area contributed by atoms with Crippen molar-refractivity contribution in [3.63, 3.8) is 0 Å². The molecule has 1 fully saturated rings. The number of thiazole rings is 1. The lowest BCUT2D eigenvalue weighted by atomic mass is 10.1. The number of aromatic nitrogens is 1. The van der Waals surface area contributed by atoms with Crippen LogP contribution in [0.15, 0.2) is 30.3 Å². The number of rotatable bonds is 6. The monoisotopic (exact) mass is 434 g/mol. The molecule has 1 atom stereocenters. The van der Waals surface area contributed by atoms with E-state index in [1.165, 1.54) is 25.2 Å². The van der Waals surface area contributed by atoms with E-state index in [-0.39, 0.29) is 34.8 Å². The average Bonchev–Trinajstić information content (AvgIpc) is 3.40. The fourth-order valence-electron chi connectivity index (χ4n) is 3.43. The topological polar surface area (TPSA) is 60.9 Å². The number of ether oxygens (including phenoxy) is 3.